The van der Waals surface area contributed by atoms with Crippen LogP contribution < -0.4 is 10.3 Å². The van der Waals surface area contributed by atoms with Gasteiger partial charge >= 0.3 is 5.91 Å². The van der Waals surface area contributed by atoms with Crippen LogP contribution in [0.1, 0.15) is 49.4 Å². The Hall–Kier alpha value is -2.57. The van der Waals surface area contributed by atoms with Crippen molar-refractivity contribution < 1.29 is 9.21 Å². The van der Waals surface area contributed by atoms with Gasteiger partial charge in [-0.25, -0.2) is 5.43 Å². The molecule has 1 aliphatic heterocycles. The number of furan rings is 1. The monoisotopic (exact) mass is 499 g/mol. The molecule has 0 saturated heterocycles. The summed E-state index contributed by atoms with van der Waals surface area (Å²) in [4.78, 5) is 14.8. The third kappa shape index (κ3) is 4.14. The van der Waals surface area contributed by atoms with Crippen molar-refractivity contribution in [2.45, 2.75) is 33.2 Å². The summed E-state index contributed by atoms with van der Waals surface area (Å²) >= 11 is 9.96. The molecule has 2 aromatic carbocycles. The van der Waals surface area contributed by atoms with E-state index in [0.717, 1.165) is 33.2 Å². The van der Waals surface area contributed by atoms with E-state index in [9.17, 15) is 4.79 Å². The Kier molecular flexibility index (Phi) is 5.71. The zero-order valence-corrected chi connectivity index (χ0v) is 20.1. The summed E-state index contributed by atoms with van der Waals surface area (Å²) in [6, 6.07) is 11.2. The first-order valence-electron chi connectivity index (χ1n) is 10.0. The highest BCUT2D eigenvalue weighted by molar-refractivity contribution is 9.10. The maximum absolute atomic E-state index is 12.4. The van der Waals surface area contributed by atoms with E-state index in [0.29, 0.717) is 10.6 Å². The molecule has 0 fully saturated rings. The number of carbonyl (C=O) groups is 1. The number of anilines is 1. The van der Waals surface area contributed by atoms with Gasteiger partial charge in [-0.1, -0.05) is 33.6 Å². The third-order valence-electron chi connectivity index (χ3n) is 5.48. The van der Waals surface area contributed by atoms with Crippen LogP contribution in [0.4, 0.5) is 5.69 Å². The lowest BCUT2D eigenvalue weighted by molar-refractivity contribution is 0.0929. The van der Waals surface area contributed by atoms with Crippen molar-refractivity contribution in [2.75, 3.05) is 11.4 Å². The molecule has 4 rings (SSSR count). The number of rotatable bonds is 4. The Labute approximate surface area is 194 Å². The van der Waals surface area contributed by atoms with Gasteiger partial charge in [0.2, 0.25) is 0 Å². The van der Waals surface area contributed by atoms with E-state index in [4.69, 9.17) is 16.0 Å². The van der Waals surface area contributed by atoms with Crippen LogP contribution in [-0.4, -0.2) is 24.2 Å². The van der Waals surface area contributed by atoms with Gasteiger partial charge in [0.05, 0.1) is 16.8 Å². The minimum Gasteiger partial charge on any atom is -0.451 e. The number of allylic oxidation sites excluding steroid dienone is 1. The molecule has 0 aliphatic carbocycles. The van der Waals surface area contributed by atoms with E-state index < -0.39 is 5.91 Å². The molecule has 0 unspecified atom stereocenters. The fourth-order valence-electron chi connectivity index (χ4n) is 4.13. The van der Waals surface area contributed by atoms with Crippen molar-refractivity contribution in [3.05, 3.63) is 68.9 Å². The van der Waals surface area contributed by atoms with Gasteiger partial charge in [0.25, 0.3) is 0 Å². The molecule has 0 bridgehead atoms. The van der Waals surface area contributed by atoms with Crippen LogP contribution in [0.25, 0.3) is 16.5 Å². The van der Waals surface area contributed by atoms with Crippen molar-refractivity contribution in [3.8, 4) is 0 Å². The fraction of sp³-hybridized carbons (Fsp3) is 0.250. The lowest BCUT2D eigenvalue weighted by atomic mass is 9.88. The van der Waals surface area contributed by atoms with Gasteiger partial charge in [0.1, 0.15) is 5.58 Å². The van der Waals surface area contributed by atoms with Gasteiger partial charge in [-0.2, -0.15) is 5.10 Å². The molecule has 1 amide bonds. The fourth-order valence-corrected chi connectivity index (χ4v) is 4.72. The lowest BCUT2D eigenvalue weighted by Crippen LogP contribution is -2.44. The SMILES string of the molecule is CCN1c2cc(Cl)c(/C=N/NC(=O)c3cc4cc(Br)ccc4o3)cc2C(C)=CC1(C)C. The molecule has 1 aromatic heterocycles. The van der Waals surface area contributed by atoms with E-state index in [2.05, 4.69) is 65.1 Å². The smallest absolute Gasteiger partial charge is 0.307 e. The van der Waals surface area contributed by atoms with Crippen LogP contribution in [0.15, 0.2) is 56.5 Å². The number of hydrogen-bond donors (Lipinski definition) is 1. The van der Waals surface area contributed by atoms with Gasteiger partial charge in [0.15, 0.2) is 5.76 Å². The van der Waals surface area contributed by atoms with E-state index in [1.165, 1.54) is 5.57 Å². The predicted octanol–water partition coefficient (Wildman–Crippen LogP) is 6.63. The second-order valence-corrected chi connectivity index (χ2v) is 9.43. The van der Waals surface area contributed by atoms with Crippen LogP contribution in [0.5, 0.6) is 0 Å². The first-order chi connectivity index (χ1) is 14.7. The van der Waals surface area contributed by atoms with Crippen LogP contribution in [0.3, 0.4) is 0 Å². The lowest BCUT2D eigenvalue weighted by Gasteiger charge is -2.43. The molecule has 3 aromatic rings. The number of halogens is 2. The predicted molar refractivity (Wildman–Crippen MR) is 131 cm³/mol. The number of nitrogens with one attached hydrogen (secondary N) is 1. The summed E-state index contributed by atoms with van der Waals surface area (Å²) in [5.41, 5.74) is 7.21. The molecule has 1 aliphatic rings. The number of likely N-dealkylation sites (N-methyl/N-ethyl adjacent to an activating group) is 1. The van der Waals surface area contributed by atoms with Gasteiger partial charge in [-0.15, -0.1) is 0 Å². The summed E-state index contributed by atoms with van der Waals surface area (Å²) in [7, 11) is 0. The van der Waals surface area contributed by atoms with Crippen LogP contribution >= 0.6 is 27.5 Å². The molecule has 5 nitrogen and oxygen atoms in total. The summed E-state index contributed by atoms with van der Waals surface area (Å²) in [5.74, 6) is -0.228. The second kappa shape index (κ2) is 8.17. The molecule has 0 radical (unpaired) electrons. The Morgan fingerprint density at radius 3 is 2.81 bits per heavy atom. The molecule has 1 N–H and O–H groups in total. The number of hydrazone groups is 1. The summed E-state index contributed by atoms with van der Waals surface area (Å²) < 4.78 is 6.52. The molecule has 0 spiro atoms. The molecule has 2 heterocycles. The number of amides is 1. The molecule has 0 atom stereocenters. The highest BCUT2D eigenvalue weighted by atomic mass is 79.9. The molecule has 31 heavy (non-hydrogen) atoms. The number of fused-ring (bicyclic) bond motifs is 2. The number of benzene rings is 2. The minimum atomic E-state index is -0.423. The van der Waals surface area contributed by atoms with Gasteiger partial charge < -0.3 is 9.32 Å². The first kappa shape index (κ1) is 21.7. The van der Waals surface area contributed by atoms with Gasteiger partial charge in [0, 0.05) is 33.2 Å². The van der Waals surface area contributed by atoms with E-state index >= 15 is 0 Å². The zero-order chi connectivity index (χ0) is 22.3. The van der Waals surface area contributed by atoms with Crippen molar-refractivity contribution in [2.24, 2.45) is 5.10 Å². The maximum Gasteiger partial charge on any atom is 0.307 e. The van der Waals surface area contributed by atoms with Crippen LogP contribution in [0.2, 0.25) is 5.02 Å². The Morgan fingerprint density at radius 2 is 2.06 bits per heavy atom. The third-order valence-corrected chi connectivity index (χ3v) is 6.30. The minimum absolute atomic E-state index is 0.0824. The van der Waals surface area contributed by atoms with E-state index in [1.54, 1.807) is 12.3 Å². The first-order valence-corrected chi connectivity index (χ1v) is 11.2. The van der Waals surface area contributed by atoms with Crippen molar-refractivity contribution in [1.82, 2.24) is 5.43 Å². The summed E-state index contributed by atoms with van der Waals surface area (Å²) in [6.45, 7) is 9.49. The van der Waals surface area contributed by atoms with Gasteiger partial charge in [-0.3, -0.25) is 4.79 Å². The molecule has 0 saturated carbocycles. The molecule has 160 valence electrons. The number of nitrogens with zero attached hydrogens (tertiary/aromatic N) is 2. The Balaban J connectivity index is 1.56. The maximum atomic E-state index is 12.4. The summed E-state index contributed by atoms with van der Waals surface area (Å²) in [5, 5.41) is 5.51. The average molecular weight is 501 g/mol. The van der Waals surface area contributed by atoms with Crippen molar-refractivity contribution in [3.63, 3.8) is 0 Å². The number of hydrogen-bond acceptors (Lipinski definition) is 4. The van der Waals surface area contributed by atoms with Crippen LogP contribution in [-0.2, 0) is 0 Å². The van der Waals surface area contributed by atoms with E-state index in [-0.39, 0.29) is 11.3 Å². The molecular weight excluding hydrogens is 478 g/mol. The average Bonchev–Trinajstić information content (AvgIpc) is 3.11. The largest absolute Gasteiger partial charge is 0.451 e. The highest BCUT2D eigenvalue weighted by Crippen LogP contribution is 2.40. The van der Waals surface area contributed by atoms with Gasteiger partial charge in [-0.05, 0) is 69.7 Å². The molecular formula is C24H23BrClN3O2. The molecule has 7 heteroatoms. The Bertz CT molecular complexity index is 1240. The van der Waals surface area contributed by atoms with Crippen molar-refractivity contribution in [1.29, 1.82) is 0 Å². The van der Waals surface area contributed by atoms with Crippen LogP contribution in [0, 0.1) is 0 Å². The second-order valence-electron chi connectivity index (χ2n) is 8.11. The summed E-state index contributed by atoms with van der Waals surface area (Å²) in [6.07, 6.45) is 3.82. The standard InChI is InChI=1S/C24H23BrClN3O2/c1-5-29-20-11-19(26)16(9-18(20)14(2)12-24(29,3)4)13-27-28-23(30)22-10-15-8-17(25)6-7-21(15)31-22/h6-13H,5H2,1-4H3,(H,28,30)/b27-13+. The topological polar surface area (TPSA) is 57.8 Å². The quantitative estimate of drug-likeness (QED) is 0.323. The Morgan fingerprint density at radius 1 is 1.29 bits per heavy atom. The number of carbonyl (C=O) groups excluding carboxylic acids is 1. The normalized spacial score (nSPS) is 15.3. The highest BCUT2D eigenvalue weighted by Gasteiger charge is 2.30. The van der Waals surface area contributed by atoms with E-state index in [1.807, 2.05) is 30.3 Å². The zero-order valence-electron chi connectivity index (χ0n) is 17.8. The van der Waals surface area contributed by atoms with Crippen molar-refractivity contribution >= 4 is 61.9 Å².